The second-order valence-electron chi connectivity index (χ2n) is 7.01. The lowest BCUT2D eigenvalue weighted by Crippen LogP contribution is -2.25. The van der Waals surface area contributed by atoms with Crippen LogP contribution in [0.1, 0.15) is 43.9 Å². The highest BCUT2D eigenvalue weighted by Crippen LogP contribution is 2.13. The molecule has 3 rings (SSSR count). The zero-order valence-electron chi connectivity index (χ0n) is 17.1. The van der Waals surface area contributed by atoms with Crippen molar-refractivity contribution >= 4 is 15.7 Å². The van der Waals surface area contributed by atoms with Crippen molar-refractivity contribution in [1.29, 1.82) is 0 Å². The van der Waals surface area contributed by atoms with E-state index in [4.69, 9.17) is 0 Å². The van der Waals surface area contributed by atoms with Gasteiger partial charge in [-0.25, -0.2) is 4.68 Å². The molecule has 0 aliphatic rings. The van der Waals surface area contributed by atoms with E-state index in [1.807, 2.05) is 30.3 Å². The summed E-state index contributed by atoms with van der Waals surface area (Å²) in [5, 5.41) is 7.26. The van der Waals surface area contributed by atoms with Gasteiger partial charge in [-0.3, -0.25) is 9.89 Å². The molecule has 0 aliphatic carbocycles. The van der Waals surface area contributed by atoms with Crippen LogP contribution in [-0.2, 0) is 10.0 Å². The van der Waals surface area contributed by atoms with Crippen LogP contribution in [0, 0.1) is 6.92 Å². The van der Waals surface area contributed by atoms with Gasteiger partial charge in [-0.1, -0.05) is 56.2 Å². The Balaban J connectivity index is 1.99. The van der Waals surface area contributed by atoms with Crippen LogP contribution in [-0.4, -0.2) is 23.9 Å². The number of hydrogen-bond acceptors (Lipinski definition) is 4. The van der Waals surface area contributed by atoms with Crippen LogP contribution in [0.25, 0.3) is 5.69 Å². The maximum atomic E-state index is 13.1. The highest BCUT2D eigenvalue weighted by molar-refractivity contribution is 7.89. The number of para-hydroxylation sites is 1. The standard InChI is InChI=1S/C22H26N4O3S/c1-3-4-7-16-20(23-25-30(28,29)19-14-10-6-11-15-19)21-17(2)24-26(22(21)27)18-12-8-5-9-13-18/h5-6,8-15,24-25H,3-4,7,16H2,1-2H3/b23-20+. The maximum absolute atomic E-state index is 13.1. The first kappa shape index (κ1) is 21.6. The molecule has 30 heavy (non-hydrogen) atoms. The fraction of sp³-hybridized carbons (Fsp3) is 0.273. The molecule has 1 aromatic heterocycles. The number of aryl methyl sites for hydroxylation is 1. The summed E-state index contributed by atoms with van der Waals surface area (Å²) >= 11 is 0. The van der Waals surface area contributed by atoms with E-state index in [9.17, 15) is 13.2 Å². The van der Waals surface area contributed by atoms with Crippen molar-refractivity contribution < 1.29 is 8.42 Å². The second kappa shape index (κ2) is 9.58. The Labute approximate surface area is 176 Å². The molecule has 0 aliphatic heterocycles. The molecular formula is C22H26N4O3S. The first-order valence-corrected chi connectivity index (χ1v) is 11.4. The normalized spacial score (nSPS) is 12.1. The van der Waals surface area contributed by atoms with Gasteiger partial charge in [0.2, 0.25) is 0 Å². The molecule has 0 radical (unpaired) electrons. The number of nitrogens with one attached hydrogen (secondary N) is 2. The first-order chi connectivity index (χ1) is 14.4. The number of nitrogens with zero attached hydrogens (tertiary/aromatic N) is 2. The van der Waals surface area contributed by atoms with Gasteiger partial charge in [-0.05, 0) is 44.0 Å². The Morgan fingerprint density at radius 2 is 1.67 bits per heavy atom. The van der Waals surface area contributed by atoms with E-state index in [0.29, 0.717) is 29.1 Å². The van der Waals surface area contributed by atoms with E-state index >= 15 is 0 Å². The van der Waals surface area contributed by atoms with Crippen LogP contribution in [0.5, 0.6) is 0 Å². The largest absolute Gasteiger partial charge is 0.295 e. The lowest BCUT2D eigenvalue weighted by molar-refractivity contribution is 0.584. The Hall–Kier alpha value is -3.13. The van der Waals surface area contributed by atoms with Crippen LogP contribution >= 0.6 is 0 Å². The number of hydrazone groups is 1. The zero-order valence-corrected chi connectivity index (χ0v) is 17.9. The number of benzene rings is 2. The van der Waals surface area contributed by atoms with Crippen LogP contribution in [0.2, 0.25) is 0 Å². The average molecular weight is 427 g/mol. The molecule has 2 aromatic carbocycles. The summed E-state index contributed by atoms with van der Waals surface area (Å²) in [6.45, 7) is 3.87. The summed E-state index contributed by atoms with van der Waals surface area (Å²) in [5.41, 5.74) is 1.91. The molecule has 0 unspecified atom stereocenters. The topological polar surface area (TPSA) is 96.3 Å². The Morgan fingerprint density at radius 3 is 2.30 bits per heavy atom. The van der Waals surface area contributed by atoms with Gasteiger partial charge in [-0.2, -0.15) is 18.4 Å². The van der Waals surface area contributed by atoms with Crippen molar-refractivity contribution in [2.75, 3.05) is 0 Å². The fourth-order valence-corrected chi connectivity index (χ4v) is 4.04. The molecule has 2 N–H and O–H groups in total. The number of unbranched alkanes of at least 4 members (excludes halogenated alkanes) is 2. The minimum Gasteiger partial charge on any atom is -0.295 e. The predicted octanol–water partition coefficient (Wildman–Crippen LogP) is 3.74. The summed E-state index contributed by atoms with van der Waals surface area (Å²) in [7, 11) is -3.82. The van der Waals surface area contributed by atoms with Crippen LogP contribution in [0.4, 0.5) is 0 Å². The maximum Gasteiger partial charge on any atom is 0.280 e. The first-order valence-electron chi connectivity index (χ1n) is 9.95. The highest BCUT2D eigenvalue weighted by atomic mass is 32.2. The monoisotopic (exact) mass is 426 g/mol. The molecule has 0 amide bonds. The van der Waals surface area contributed by atoms with Crippen LogP contribution in [0.3, 0.4) is 0 Å². The number of hydrogen-bond donors (Lipinski definition) is 2. The summed E-state index contributed by atoms with van der Waals surface area (Å²) in [6.07, 6.45) is 3.26. The quantitative estimate of drug-likeness (QED) is 0.310. The van der Waals surface area contributed by atoms with Crippen LogP contribution in [0.15, 0.2) is 75.5 Å². The minimum atomic E-state index is -3.82. The number of H-pyrrole nitrogens is 1. The molecule has 0 bridgehead atoms. The average Bonchev–Trinajstić information content (AvgIpc) is 3.06. The van der Waals surface area contributed by atoms with E-state index in [1.54, 1.807) is 25.1 Å². The third-order valence-electron chi connectivity index (χ3n) is 4.75. The molecule has 8 heteroatoms. The number of sulfonamides is 1. The van der Waals surface area contributed by atoms with Gasteiger partial charge < -0.3 is 0 Å². The number of aromatic amines is 1. The van der Waals surface area contributed by atoms with E-state index in [-0.39, 0.29) is 10.5 Å². The van der Waals surface area contributed by atoms with Crippen molar-refractivity contribution in [3.05, 3.63) is 82.3 Å². The van der Waals surface area contributed by atoms with E-state index < -0.39 is 10.0 Å². The summed E-state index contributed by atoms with van der Waals surface area (Å²) in [6, 6.07) is 17.3. The summed E-state index contributed by atoms with van der Waals surface area (Å²) < 4.78 is 26.6. The molecule has 0 saturated heterocycles. The molecule has 3 aromatic rings. The van der Waals surface area contributed by atoms with Crippen molar-refractivity contribution in [3.8, 4) is 5.69 Å². The third-order valence-corrected chi connectivity index (χ3v) is 5.97. The Bertz CT molecular complexity index is 1160. The van der Waals surface area contributed by atoms with E-state index in [2.05, 4.69) is 22.0 Å². The van der Waals surface area contributed by atoms with Gasteiger partial charge in [0.25, 0.3) is 15.6 Å². The third kappa shape index (κ3) is 4.88. The van der Waals surface area contributed by atoms with E-state index in [0.717, 1.165) is 19.3 Å². The highest BCUT2D eigenvalue weighted by Gasteiger charge is 2.19. The van der Waals surface area contributed by atoms with Crippen molar-refractivity contribution in [2.24, 2.45) is 5.10 Å². The molecule has 0 saturated carbocycles. The molecule has 0 spiro atoms. The zero-order chi connectivity index (χ0) is 21.6. The second-order valence-corrected chi connectivity index (χ2v) is 8.67. The van der Waals surface area contributed by atoms with Crippen molar-refractivity contribution in [2.45, 2.75) is 44.4 Å². The van der Waals surface area contributed by atoms with E-state index in [1.165, 1.54) is 16.8 Å². The Morgan fingerprint density at radius 1 is 1.03 bits per heavy atom. The van der Waals surface area contributed by atoms with Crippen molar-refractivity contribution in [1.82, 2.24) is 14.6 Å². The van der Waals surface area contributed by atoms with Gasteiger partial charge in [0.1, 0.15) is 0 Å². The molecule has 158 valence electrons. The van der Waals surface area contributed by atoms with Gasteiger partial charge in [0.15, 0.2) is 0 Å². The molecule has 1 heterocycles. The minimum absolute atomic E-state index is 0.120. The Kier molecular flexibility index (Phi) is 6.89. The molecule has 0 fully saturated rings. The SMILES string of the molecule is CCCCC/C(=N\NS(=O)(=O)c1ccccc1)c1c(C)[nH]n(-c2ccccc2)c1=O. The number of rotatable bonds is 9. The fourth-order valence-electron chi connectivity index (χ4n) is 3.19. The van der Waals surface area contributed by atoms with Gasteiger partial charge >= 0.3 is 0 Å². The van der Waals surface area contributed by atoms with Crippen molar-refractivity contribution in [3.63, 3.8) is 0 Å². The predicted molar refractivity (Wildman–Crippen MR) is 119 cm³/mol. The molecule has 7 nitrogen and oxygen atoms in total. The lowest BCUT2D eigenvalue weighted by Gasteiger charge is -2.07. The van der Waals surface area contributed by atoms with Gasteiger partial charge in [0.05, 0.1) is 21.9 Å². The molecule has 0 atom stereocenters. The summed E-state index contributed by atoms with van der Waals surface area (Å²) in [5.74, 6) is 0. The smallest absolute Gasteiger partial charge is 0.280 e. The lowest BCUT2D eigenvalue weighted by atomic mass is 10.0. The van der Waals surface area contributed by atoms with Gasteiger partial charge in [0, 0.05) is 5.69 Å². The molecular weight excluding hydrogens is 400 g/mol. The summed E-state index contributed by atoms with van der Waals surface area (Å²) in [4.78, 5) is 15.6. The number of aromatic nitrogens is 2. The van der Waals surface area contributed by atoms with Crippen LogP contribution < -0.4 is 10.4 Å². The van der Waals surface area contributed by atoms with Gasteiger partial charge in [-0.15, -0.1) is 0 Å².